The summed E-state index contributed by atoms with van der Waals surface area (Å²) in [6.45, 7) is 2.18. The Kier molecular flexibility index (Phi) is 5.37. The summed E-state index contributed by atoms with van der Waals surface area (Å²) in [7, 11) is 0. The van der Waals surface area contributed by atoms with Gasteiger partial charge in [-0.15, -0.1) is 0 Å². The van der Waals surface area contributed by atoms with E-state index < -0.39 is 0 Å². The molecule has 0 atom stereocenters. The van der Waals surface area contributed by atoms with Crippen molar-refractivity contribution < 1.29 is 19.4 Å². The van der Waals surface area contributed by atoms with E-state index in [4.69, 9.17) is 4.74 Å². The number of esters is 1. The van der Waals surface area contributed by atoms with Crippen LogP contribution in [-0.4, -0.2) is 27.9 Å². The highest BCUT2D eigenvalue weighted by Gasteiger charge is 2.17. The number of ketones is 1. The summed E-state index contributed by atoms with van der Waals surface area (Å²) in [6.07, 6.45) is 3.58. The fourth-order valence-electron chi connectivity index (χ4n) is 3.02. The Balaban J connectivity index is 1.86. The minimum atomic E-state index is -0.198. The first-order valence-electron chi connectivity index (χ1n) is 8.68. The maximum Gasteiger partial charge on any atom is 0.305 e. The Morgan fingerprint density at radius 2 is 1.88 bits per heavy atom. The molecule has 134 valence electrons. The van der Waals surface area contributed by atoms with Gasteiger partial charge in [-0.2, -0.15) is 0 Å². The summed E-state index contributed by atoms with van der Waals surface area (Å²) < 4.78 is 6.83. The lowest BCUT2D eigenvalue weighted by Crippen LogP contribution is -2.04. The van der Waals surface area contributed by atoms with E-state index in [0.29, 0.717) is 37.1 Å². The molecule has 26 heavy (non-hydrogen) atoms. The third-order valence-corrected chi connectivity index (χ3v) is 4.25. The van der Waals surface area contributed by atoms with Crippen LogP contribution >= 0.6 is 0 Å². The predicted octanol–water partition coefficient (Wildman–Crippen LogP) is 3.76. The summed E-state index contributed by atoms with van der Waals surface area (Å²) in [5, 5.41) is 9.41. The molecule has 0 radical (unpaired) electrons. The predicted molar refractivity (Wildman–Crippen MR) is 98.5 cm³/mol. The Morgan fingerprint density at radius 3 is 2.62 bits per heavy atom. The topological polar surface area (TPSA) is 68.0 Å². The molecule has 0 unspecified atom stereocenters. The molecule has 1 aromatic carbocycles. The Morgan fingerprint density at radius 1 is 1.12 bits per heavy atom. The molecule has 3 aromatic rings. The first-order valence-corrected chi connectivity index (χ1v) is 8.68. The molecule has 3 rings (SSSR count). The van der Waals surface area contributed by atoms with Gasteiger partial charge in [0.15, 0.2) is 0 Å². The number of carbonyl (C=O) groups excluding carboxylic acids is 2. The summed E-state index contributed by atoms with van der Waals surface area (Å²) in [5.41, 5.74) is 3.07. The highest BCUT2D eigenvalue weighted by atomic mass is 16.5. The number of hydrogen-bond acceptors (Lipinski definition) is 4. The lowest BCUT2D eigenvalue weighted by atomic mass is 10.1. The van der Waals surface area contributed by atoms with Crippen LogP contribution in [0.15, 0.2) is 54.7 Å². The largest absolute Gasteiger partial charge is 0.508 e. The van der Waals surface area contributed by atoms with Gasteiger partial charge in [-0.25, -0.2) is 0 Å². The van der Waals surface area contributed by atoms with Crippen LogP contribution in [0.1, 0.15) is 41.4 Å². The molecule has 0 saturated carbocycles. The molecule has 0 fully saturated rings. The molecule has 0 spiro atoms. The van der Waals surface area contributed by atoms with Crippen LogP contribution in [0.4, 0.5) is 0 Å². The molecule has 1 N–H and O–H groups in total. The smallest absolute Gasteiger partial charge is 0.305 e. The molecule has 2 heterocycles. The maximum atomic E-state index is 12.9. The van der Waals surface area contributed by atoms with Gasteiger partial charge in [-0.3, -0.25) is 9.59 Å². The minimum Gasteiger partial charge on any atom is -0.508 e. The second-order valence-electron chi connectivity index (χ2n) is 6.05. The van der Waals surface area contributed by atoms with Crippen LogP contribution in [0.5, 0.6) is 5.75 Å². The second-order valence-corrected chi connectivity index (χ2v) is 6.05. The zero-order valence-corrected chi connectivity index (χ0v) is 14.6. The number of aromatic nitrogens is 1. The first-order chi connectivity index (χ1) is 12.6. The first kappa shape index (κ1) is 17.7. The van der Waals surface area contributed by atoms with Crippen molar-refractivity contribution in [2.24, 2.45) is 0 Å². The zero-order valence-electron chi connectivity index (χ0n) is 14.6. The summed E-state index contributed by atoms with van der Waals surface area (Å²) in [6, 6.07) is 13.9. The number of carbonyl (C=O) groups is 2. The van der Waals surface area contributed by atoms with Gasteiger partial charge < -0.3 is 14.2 Å². The summed E-state index contributed by atoms with van der Waals surface area (Å²) in [5.74, 6) is -0.180. The van der Waals surface area contributed by atoms with E-state index >= 15 is 0 Å². The van der Waals surface area contributed by atoms with E-state index in [2.05, 4.69) is 0 Å². The van der Waals surface area contributed by atoms with Gasteiger partial charge in [-0.1, -0.05) is 6.07 Å². The number of fused-ring (bicyclic) bond motifs is 1. The molecule has 5 heteroatoms. The number of aromatic hydroxyl groups is 1. The number of nitrogens with zero attached hydrogens (tertiary/aromatic N) is 1. The van der Waals surface area contributed by atoms with Crippen molar-refractivity contribution in [2.75, 3.05) is 6.61 Å². The van der Waals surface area contributed by atoms with Gasteiger partial charge >= 0.3 is 5.97 Å². The Bertz CT molecular complexity index is 925. The van der Waals surface area contributed by atoms with Crippen LogP contribution in [0, 0.1) is 0 Å². The van der Waals surface area contributed by atoms with Crippen LogP contribution in [0.2, 0.25) is 0 Å². The fraction of sp³-hybridized carbons (Fsp3) is 0.238. The molecule has 0 aliphatic heterocycles. The second kappa shape index (κ2) is 7.87. The molecular formula is C21H21NO4. The van der Waals surface area contributed by atoms with Gasteiger partial charge in [0.1, 0.15) is 5.75 Å². The SMILES string of the molecule is CCOC(=O)CCCc1cc(C(=O)c2ccc(O)cc2)n2ccccc12. The van der Waals surface area contributed by atoms with E-state index in [1.807, 2.05) is 34.9 Å². The molecule has 2 aromatic heterocycles. The Hall–Kier alpha value is -3.08. The zero-order chi connectivity index (χ0) is 18.5. The van der Waals surface area contributed by atoms with Crippen molar-refractivity contribution >= 4 is 17.3 Å². The number of ether oxygens (including phenoxy) is 1. The number of aryl methyl sites for hydroxylation is 1. The number of rotatable bonds is 7. The van der Waals surface area contributed by atoms with E-state index in [-0.39, 0.29) is 17.5 Å². The van der Waals surface area contributed by atoms with Crippen LogP contribution in [-0.2, 0) is 16.0 Å². The lowest BCUT2D eigenvalue weighted by Gasteiger charge is -2.03. The quantitative estimate of drug-likeness (QED) is 0.520. The molecule has 0 amide bonds. The summed E-state index contributed by atoms with van der Waals surface area (Å²) in [4.78, 5) is 24.4. The van der Waals surface area contributed by atoms with Gasteiger partial charge in [0.25, 0.3) is 0 Å². The molecule has 0 saturated heterocycles. The number of benzene rings is 1. The average Bonchev–Trinajstić information content (AvgIpc) is 3.01. The number of phenolic OH excluding ortho intramolecular Hbond substituents is 1. The van der Waals surface area contributed by atoms with E-state index in [0.717, 1.165) is 11.1 Å². The van der Waals surface area contributed by atoms with Crippen molar-refractivity contribution in [1.29, 1.82) is 0 Å². The van der Waals surface area contributed by atoms with Crippen molar-refractivity contribution in [1.82, 2.24) is 4.40 Å². The minimum absolute atomic E-state index is 0.108. The fourth-order valence-corrected chi connectivity index (χ4v) is 3.02. The maximum absolute atomic E-state index is 12.9. The molecular weight excluding hydrogens is 330 g/mol. The van der Waals surface area contributed by atoms with Crippen molar-refractivity contribution in [3.8, 4) is 5.75 Å². The van der Waals surface area contributed by atoms with E-state index in [9.17, 15) is 14.7 Å². The summed E-state index contributed by atoms with van der Waals surface area (Å²) >= 11 is 0. The monoisotopic (exact) mass is 351 g/mol. The van der Waals surface area contributed by atoms with Crippen LogP contribution in [0.3, 0.4) is 0 Å². The number of phenols is 1. The van der Waals surface area contributed by atoms with Crippen LogP contribution < -0.4 is 0 Å². The number of pyridine rings is 1. The third kappa shape index (κ3) is 3.77. The molecule has 5 nitrogen and oxygen atoms in total. The average molecular weight is 351 g/mol. The van der Waals surface area contributed by atoms with E-state index in [1.54, 1.807) is 19.1 Å². The normalized spacial score (nSPS) is 10.8. The molecule has 0 bridgehead atoms. The van der Waals surface area contributed by atoms with Gasteiger partial charge in [0, 0.05) is 23.7 Å². The van der Waals surface area contributed by atoms with Crippen molar-refractivity contribution in [2.45, 2.75) is 26.2 Å². The van der Waals surface area contributed by atoms with Crippen molar-refractivity contribution in [3.63, 3.8) is 0 Å². The molecule has 0 aliphatic carbocycles. The highest BCUT2D eigenvalue weighted by Crippen LogP contribution is 2.22. The third-order valence-electron chi connectivity index (χ3n) is 4.25. The van der Waals surface area contributed by atoms with Gasteiger partial charge in [0.2, 0.25) is 5.78 Å². The lowest BCUT2D eigenvalue weighted by molar-refractivity contribution is -0.143. The van der Waals surface area contributed by atoms with Crippen molar-refractivity contribution in [3.05, 3.63) is 71.5 Å². The highest BCUT2D eigenvalue weighted by molar-refractivity contribution is 6.09. The standard InChI is InChI=1S/C21H21NO4/c1-2-26-20(24)8-5-6-16-14-19(22-13-4-3-7-18(16)22)21(25)15-9-11-17(23)12-10-15/h3-4,7,9-14,23H,2,5-6,8H2,1H3. The van der Waals surface area contributed by atoms with Crippen LogP contribution in [0.25, 0.3) is 5.52 Å². The van der Waals surface area contributed by atoms with Gasteiger partial charge in [0.05, 0.1) is 12.3 Å². The number of hydrogen-bond donors (Lipinski definition) is 1. The molecule has 0 aliphatic rings. The van der Waals surface area contributed by atoms with E-state index in [1.165, 1.54) is 12.1 Å². The van der Waals surface area contributed by atoms with Gasteiger partial charge in [-0.05, 0) is 67.8 Å². The Labute approximate surface area is 151 Å².